The SMILES string of the molecule is Cc1nnc(SCC2(C(=O)OCOC(=O)C(C)(C)C)CS[C@@H]3C(NC(=O)C(=NO)c4nsc(N)n4)C(=O)N3C2)s1. The standard InChI is InChI=1S/C21H26N8O7S4/c1-9-25-26-19(39-9)38-7-21(17(33)36-8-35-16(32)20(2,3)4)5-29-14(31)11(15(29)37-6-21)23-13(30)10(27-34)12-24-18(22)40-28-12/h11,15,34H,5-8H2,1-4H3,(H,23,30)(H2,22,24,28)/t11?,15-,21?/m1/s1. The molecule has 2 aromatic rings. The van der Waals surface area contributed by atoms with Crippen molar-refractivity contribution >= 4 is 81.0 Å². The number of anilines is 1. The number of amides is 2. The molecule has 2 aliphatic heterocycles. The molecular weight excluding hydrogens is 605 g/mol. The third-order valence-electron chi connectivity index (χ3n) is 5.80. The molecule has 2 amide bonds. The van der Waals surface area contributed by atoms with E-state index in [1.54, 1.807) is 20.8 Å². The first-order valence-corrected chi connectivity index (χ1v) is 15.3. The van der Waals surface area contributed by atoms with Crippen LogP contribution in [0.15, 0.2) is 9.50 Å². The number of rotatable bonds is 9. The van der Waals surface area contributed by atoms with Crippen LogP contribution >= 0.6 is 46.4 Å². The second-order valence-corrected chi connectivity index (χ2v) is 14.2. The van der Waals surface area contributed by atoms with Crippen LogP contribution in [0.5, 0.6) is 0 Å². The van der Waals surface area contributed by atoms with Gasteiger partial charge in [0.25, 0.3) is 5.91 Å². The lowest BCUT2D eigenvalue weighted by molar-refractivity contribution is -0.180. The summed E-state index contributed by atoms with van der Waals surface area (Å²) in [4.78, 5) is 56.6. The van der Waals surface area contributed by atoms with Crippen molar-refractivity contribution in [2.45, 2.75) is 43.5 Å². The van der Waals surface area contributed by atoms with Crippen molar-refractivity contribution in [1.82, 2.24) is 29.8 Å². The minimum absolute atomic E-state index is 0.0117. The van der Waals surface area contributed by atoms with Crippen LogP contribution in [0, 0.1) is 17.8 Å². The Bertz CT molecular complexity index is 1340. The fourth-order valence-corrected chi connectivity index (χ4v) is 7.77. The molecule has 4 rings (SSSR count). The maximum absolute atomic E-state index is 13.4. The maximum atomic E-state index is 13.4. The number of β-lactam (4-membered cyclic amide) rings is 1. The molecule has 15 nitrogen and oxygen atoms in total. The molecule has 0 spiro atoms. The number of hydrogen-bond acceptors (Lipinski definition) is 17. The number of carbonyl (C=O) groups is 4. The highest BCUT2D eigenvalue weighted by Gasteiger charge is 2.58. The van der Waals surface area contributed by atoms with Gasteiger partial charge in [-0.05, 0) is 27.7 Å². The minimum Gasteiger partial charge on any atom is -0.427 e. The van der Waals surface area contributed by atoms with Crippen molar-refractivity contribution in [3.05, 3.63) is 10.8 Å². The van der Waals surface area contributed by atoms with Gasteiger partial charge >= 0.3 is 11.9 Å². The van der Waals surface area contributed by atoms with Crippen LogP contribution in [0.3, 0.4) is 0 Å². The Hall–Kier alpha value is -3.03. The molecular formula is C21H26N8O7S4. The van der Waals surface area contributed by atoms with E-state index >= 15 is 0 Å². The van der Waals surface area contributed by atoms with Gasteiger partial charge in [-0.25, -0.2) is 0 Å². The van der Waals surface area contributed by atoms with E-state index in [-0.39, 0.29) is 29.0 Å². The first kappa shape index (κ1) is 29.9. The van der Waals surface area contributed by atoms with Gasteiger partial charge in [0.1, 0.15) is 21.8 Å². The summed E-state index contributed by atoms with van der Waals surface area (Å²) >= 11 is 4.80. The minimum atomic E-state index is -1.15. The average molecular weight is 631 g/mol. The molecule has 0 radical (unpaired) electrons. The van der Waals surface area contributed by atoms with Crippen molar-refractivity contribution < 1.29 is 33.9 Å². The van der Waals surface area contributed by atoms with Crippen molar-refractivity contribution in [2.75, 3.05) is 30.6 Å². The zero-order valence-corrected chi connectivity index (χ0v) is 25.0. The first-order valence-electron chi connectivity index (χ1n) is 11.7. The van der Waals surface area contributed by atoms with E-state index < -0.39 is 58.5 Å². The molecule has 2 aromatic heterocycles. The van der Waals surface area contributed by atoms with Crippen LogP contribution in [0.4, 0.5) is 5.13 Å². The molecule has 4 heterocycles. The fraction of sp³-hybridized carbons (Fsp3) is 0.571. The Morgan fingerprint density at radius 2 is 2.05 bits per heavy atom. The number of carbonyl (C=O) groups excluding carboxylic acids is 4. The third kappa shape index (κ3) is 6.31. The Morgan fingerprint density at radius 3 is 2.65 bits per heavy atom. The summed E-state index contributed by atoms with van der Waals surface area (Å²) in [7, 11) is 0. The number of hydrogen-bond donors (Lipinski definition) is 3. The second-order valence-electron chi connectivity index (χ2n) is 9.91. The van der Waals surface area contributed by atoms with E-state index in [1.165, 1.54) is 39.8 Å². The third-order valence-corrected chi connectivity index (χ3v) is 10.2. The van der Waals surface area contributed by atoms with E-state index in [2.05, 4.69) is 30.0 Å². The molecule has 0 aromatic carbocycles. The zero-order chi connectivity index (χ0) is 29.2. The normalized spacial score (nSPS) is 22.8. The molecule has 0 bridgehead atoms. The number of oxime groups is 1. The van der Waals surface area contributed by atoms with E-state index in [1.807, 2.05) is 6.92 Å². The number of nitrogens with one attached hydrogen (secondary N) is 1. The van der Waals surface area contributed by atoms with Crippen LogP contribution in [0.25, 0.3) is 0 Å². The van der Waals surface area contributed by atoms with E-state index in [0.29, 0.717) is 4.34 Å². The van der Waals surface area contributed by atoms with Gasteiger partial charge < -0.3 is 30.6 Å². The molecule has 2 saturated heterocycles. The molecule has 3 atom stereocenters. The van der Waals surface area contributed by atoms with Gasteiger partial charge in [-0.3, -0.25) is 19.2 Å². The Kier molecular flexibility index (Phi) is 8.86. The fourth-order valence-electron chi connectivity index (χ4n) is 3.67. The van der Waals surface area contributed by atoms with Crippen LogP contribution in [-0.4, -0.2) is 95.4 Å². The largest absolute Gasteiger partial charge is 0.427 e. The summed E-state index contributed by atoms with van der Waals surface area (Å²) < 4.78 is 15.0. The van der Waals surface area contributed by atoms with Crippen LogP contribution < -0.4 is 11.1 Å². The van der Waals surface area contributed by atoms with Crippen molar-refractivity contribution in [3.63, 3.8) is 0 Å². The highest BCUT2D eigenvalue weighted by molar-refractivity contribution is 8.01. The highest BCUT2D eigenvalue weighted by atomic mass is 32.2. The molecule has 216 valence electrons. The summed E-state index contributed by atoms with van der Waals surface area (Å²) in [6, 6.07) is -0.926. The number of aromatic nitrogens is 4. The van der Waals surface area contributed by atoms with E-state index in [0.717, 1.165) is 16.5 Å². The molecule has 2 unspecified atom stereocenters. The maximum Gasteiger partial charge on any atom is 0.318 e. The predicted octanol–water partition coefficient (Wildman–Crippen LogP) is 0.727. The second kappa shape index (κ2) is 11.8. The van der Waals surface area contributed by atoms with Gasteiger partial charge in [0.05, 0.1) is 5.41 Å². The summed E-state index contributed by atoms with van der Waals surface area (Å²) in [5, 5.41) is 23.3. The smallest absolute Gasteiger partial charge is 0.318 e. The topological polar surface area (TPSA) is 212 Å². The monoisotopic (exact) mass is 630 g/mol. The molecule has 0 saturated carbocycles. The lowest BCUT2D eigenvalue weighted by Gasteiger charge is -2.54. The number of nitrogens with zero attached hydrogens (tertiary/aromatic N) is 6. The Morgan fingerprint density at radius 1 is 1.30 bits per heavy atom. The molecule has 0 aliphatic carbocycles. The van der Waals surface area contributed by atoms with Gasteiger partial charge in [-0.1, -0.05) is 28.3 Å². The Labute approximate surface area is 244 Å². The van der Waals surface area contributed by atoms with Gasteiger partial charge in [-0.2, -0.15) is 9.36 Å². The van der Waals surface area contributed by atoms with Crippen LogP contribution in [0.1, 0.15) is 31.6 Å². The van der Waals surface area contributed by atoms with Crippen LogP contribution in [-0.2, 0) is 28.7 Å². The number of fused-ring (bicyclic) bond motifs is 1. The molecule has 40 heavy (non-hydrogen) atoms. The summed E-state index contributed by atoms with van der Waals surface area (Å²) in [5.74, 6) is -2.12. The number of aryl methyl sites for hydroxylation is 1. The van der Waals surface area contributed by atoms with Gasteiger partial charge in [0, 0.05) is 29.6 Å². The summed E-state index contributed by atoms with van der Waals surface area (Å²) in [5.41, 5.74) is 3.14. The quantitative estimate of drug-likeness (QED) is 0.0663. The molecule has 19 heteroatoms. The number of nitrogen functional groups attached to an aromatic ring is 1. The lowest BCUT2D eigenvalue weighted by Crippen LogP contribution is -2.74. The zero-order valence-electron chi connectivity index (χ0n) is 21.8. The number of ether oxygens (including phenoxy) is 2. The molecule has 2 fully saturated rings. The Balaban J connectivity index is 1.44. The lowest BCUT2D eigenvalue weighted by atomic mass is 9.89. The summed E-state index contributed by atoms with van der Waals surface area (Å²) in [6.07, 6.45) is 0. The highest BCUT2D eigenvalue weighted by Crippen LogP contribution is 2.45. The number of esters is 2. The number of thioether (sulfide) groups is 2. The van der Waals surface area contributed by atoms with E-state index in [9.17, 15) is 24.4 Å². The van der Waals surface area contributed by atoms with Crippen molar-refractivity contribution in [1.29, 1.82) is 0 Å². The van der Waals surface area contributed by atoms with Gasteiger partial charge in [0.15, 0.2) is 9.47 Å². The first-order chi connectivity index (χ1) is 18.8. The summed E-state index contributed by atoms with van der Waals surface area (Å²) in [6.45, 7) is 6.31. The molecule has 2 aliphatic rings. The van der Waals surface area contributed by atoms with Gasteiger partial charge in [-0.15, -0.1) is 22.0 Å². The molecule has 4 N–H and O–H groups in total. The van der Waals surface area contributed by atoms with Crippen molar-refractivity contribution in [2.24, 2.45) is 16.0 Å². The van der Waals surface area contributed by atoms with E-state index in [4.69, 9.17) is 15.2 Å². The predicted molar refractivity (Wildman–Crippen MR) is 147 cm³/mol. The van der Waals surface area contributed by atoms with Crippen molar-refractivity contribution in [3.8, 4) is 0 Å². The van der Waals surface area contributed by atoms with Crippen LogP contribution in [0.2, 0.25) is 0 Å². The average Bonchev–Trinajstić information content (AvgIpc) is 3.53. The number of nitrogens with two attached hydrogens (primary N) is 1. The van der Waals surface area contributed by atoms with Gasteiger partial charge in [0.2, 0.25) is 24.2 Å².